The summed E-state index contributed by atoms with van der Waals surface area (Å²) in [5.41, 5.74) is 29.5. The van der Waals surface area contributed by atoms with Crippen LogP contribution in [0, 0.1) is 69.6 Å². The SMILES string of the molecule is CNc1cc(F)c2c3c1[nH]c1nc(Oc4cnc(C)nc4)nc(c13)N(C)[C@H]1CNC[C@H]1C2.CNc1cc(F)c2c3c1[nH]c1nc(Oc4cnc(C)nc4)nc(c13)NC/C=C\2.CNc1cc(F)c2c3c1[nH]c1nc(Oc4cnc(C)nc4)nc(c13)NC[C@@H](N)C2.CNc1cc(F)c2c3c1[nH]c1nc(Oc4cnc(C)nc4)nc(c13)N[C@@H](CN)CS2.CNc1cc(F)c2c3c1[nH]c1nc(Oc4cnc(C)nc4)nc(c13)O[C@@H](CN)CS2. The largest absolute Gasteiger partial charge is 0.471 e. The molecule has 44 nitrogen and oxygen atoms in total. The fraction of sp³-hybridized carbons (Fsp3) is 0.265. The first-order chi connectivity index (χ1) is 72.3. The van der Waals surface area contributed by atoms with Gasteiger partial charge in [-0.3, -0.25) is 0 Å². The van der Waals surface area contributed by atoms with Gasteiger partial charge in [0.05, 0.1) is 155 Å². The number of ether oxygens (including phenoxy) is 6. The molecule has 0 amide bonds. The van der Waals surface area contributed by atoms with Gasteiger partial charge in [-0.2, -0.15) is 49.8 Å². The average Bonchev–Trinajstić information content (AvgIpc) is 1.58. The number of nitrogens with one attached hydrogen (secondary N) is 14. The Labute approximate surface area is 849 Å². The summed E-state index contributed by atoms with van der Waals surface area (Å²) in [6, 6.07) is 7.94. The first-order valence-corrected chi connectivity index (χ1v) is 49.2. The van der Waals surface area contributed by atoms with E-state index in [2.05, 4.69) is 172 Å². The van der Waals surface area contributed by atoms with Crippen LogP contribution in [-0.2, 0) is 12.8 Å². The molecule has 21 heterocycles. The van der Waals surface area contributed by atoms with Gasteiger partial charge in [0, 0.05) is 156 Å². The predicted octanol–water partition coefficient (Wildman–Crippen LogP) is 14.9. The monoisotopic (exact) mass is 2060 g/mol. The van der Waals surface area contributed by atoms with Crippen LogP contribution in [0.2, 0.25) is 0 Å². The van der Waals surface area contributed by atoms with Crippen LogP contribution in [-0.4, -0.2) is 242 Å². The number of hydrogen-bond acceptors (Lipinski definition) is 41. The van der Waals surface area contributed by atoms with Crippen LogP contribution in [0.4, 0.5) is 73.7 Å². The number of nitrogens with zero attached hydrogens (tertiary/aromatic N) is 21. The van der Waals surface area contributed by atoms with E-state index in [1.54, 1.807) is 125 Å². The molecule has 0 spiro atoms. The second-order valence-corrected chi connectivity index (χ2v) is 37.5. The molecule has 5 aromatic carbocycles. The second-order valence-electron chi connectivity index (χ2n) is 35.5. The minimum absolute atomic E-state index is 0.0635. The van der Waals surface area contributed by atoms with Gasteiger partial charge in [-0.05, 0) is 82.7 Å². The average molecular weight is 2060 g/mol. The number of fused-ring (bicyclic) bond motifs is 1. The molecular weight excluding hydrogens is 1960 g/mol. The Morgan fingerprint density at radius 1 is 0.403 bits per heavy atom. The van der Waals surface area contributed by atoms with Gasteiger partial charge in [0.25, 0.3) is 0 Å². The molecule has 760 valence electrons. The number of aryl methyl sites for hydroxylation is 5. The predicted molar refractivity (Wildman–Crippen MR) is 560 cm³/mol. The molecule has 0 bridgehead atoms. The molecule has 1 saturated heterocycles. The number of hydrogen-bond donors (Lipinski definition) is 17. The van der Waals surface area contributed by atoms with E-state index in [1.165, 1.54) is 60.2 Å². The van der Waals surface area contributed by atoms with Crippen LogP contribution < -0.4 is 98.4 Å². The normalized spacial score (nSPS) is 16.4. The molecule has 1 fully saturated rings. The highest BCUT2D eigenvalue weighted by Gasteiger charge is 2.39. The van der Waals surface area contributed by atoms with Crippen LogP contribution in [0.3, 0.4) is 0 Å². The number of thioether (sulfide) groups is 2. The van der Waals surface area contributed by atoms with Crippen LogP contribution in [0.15, 0.2) is 108 Å². The molecular formula is C98H95F5N38O6S2. The molecule has 6 aliphatic rings. The topological polar surface area (TPSA) is 582 Å². The van der Waals surface area contributed by atoms with Gasteiger partial charge < -0.3 is 123 Å². The zero-order chi connectivity index (χ0) is 103. The third-order valence-corrected chi connectivity index (χ3v) is 28.3. The fourth-order valence-electron chi connectivity index (χ4n) is 18.8. The Morgan fingerprint density at radius 3 is 1.24 bits per heavy atom. The van der Waals surface area contributed by atoms with Crippen molar-refractivity contribution in [2.24, 2.45) is 23.1 Å². The Balaban J connectivity index is 0.000000105. The smallest absolute Gasteiger partial charge is 0.327 e. The minimum atomic E-state index is -0.342. The van der Waals surface area contributed by atoms with Crippen LogP contribution in [0.1, 0.15) is 45.8 Å². The highest BCUT2D eigenvalue weighted by atomic mass is 32.2. The van der Waals surface area contributed by atoms with Gasteiger partial charge in [0.15, 0.2) is 28.7 Å². The number of anilines is 9. The molecule has 0 unspecified atom stereocenters. The lowest BCUT2D eigenvalue weighted by atomic mass is 9.89. The van der Waals surface area contributed by atoms with E-state index >= 15 is 4.39 Å². The maximum absolute atomic E-state index is 15.3. The summed E-state index contributed by atoms with van der Waals surface area (Å²) in [7, 11) is 10.8. The van der Waals surface area contributed by atoms with Crippen molar-refractivity contribution in [1.29, 1.82) is 0 Å². The second kappa shape index (κ2) is 40.0. The Bertz CT molecular complexity index is 8480. The van der Waals surface area contributed by atoms with E-state index in [1.807, 2.05) is 20.0 Å². The lowest BCUT2D eigenvalue weighted by molar-refractivity contribution is 0.225. The first-order valence-electron chi connectivity index (χ1n) is 47.3. The summed E-state index contributed by atoms with van der Waals surface area (Å²) in [5.74, 6) is 7.88. The summed E-state index contributed by atoms with van der Waals surface area (Å²) < 4.78 is 110. The third-order valence-electron chi connectivity index (χ3n) is 25.9. The summed E-state index contributed by atoms with van der Waals surface area (Å²) in [5, 5.41) is 35.8. The van der Waals surface area contributed by atoms with Crippen molar-refractivity contribution >= 4 is 191 Å². The number of aromatic nitrogens is 25. The number of benzene rings is 5. The fourth-order valence-corrected chi connectivity index (χ4v) is 21.0. The van der Waals surface area contributed by atoms with Gasteiger partial charge in [-0.25, -0.2) is 71.8 Å². The molecule has 6 aliphatic heterocycles. The number of rotatable bonds is 17. The zero-order valence-corrected chi connectivity index (χ0v) is 83.2. The van der Waals surface area contributed by atoms with Gasteiger partial charge in [0.1, 0.15) is 116 Å². The molecule has 15 aromatic heterocycles. The van der Waals surface area contributed by atoms with Crippen LogP contribution in [0.25, 0.3) is 116 Å². The number of likely N-dealkylation sites (N-methyl/N-ethyl adjacent to an activating group) is 1. The third kappa shape index (κ3) is 18.5. The maximum Gasteiger partial charge on any atom is 0.327 e. The van der Waals surface area contributed by atoms with Crippen LogP contribution >= 0.6 is 23.5 Å². The molecule has 5 atom stereocenters. The van der Waals surface area contributed by atoms with Gasteiger partial charge in [0.2, 0.25) is 5.88 Å². The van der Waals surface area contributed by atoms with Crippen molar-refractivity contribution in [3.05, 3.63) is 173 Å². The van der Waals surface area contributed by atoms with Crippen molar-refractivity contribution in [3.8, 4) is 64.7 Å². The van der Waals surface area contributed by atoms with E-state index in [9.17, 15) is 17.6 Å². The number of H-pyrrole nitrogens is 5. The zero-order valence-electron chi connectivity index (χ0n) is 81.6. The number of nitrogens with two attached hydrogens (primary N) is 3. The van der Waals surface area contributed by atoms with Gasteiger partial charge >= 0.3 is 30.1 Å². The van der Waals surface area contributed by atoms with E-state index in [-0.39, 0.29) is 95.8 Å². The van der Waals surface area contributed by atoms with Crippen molar-refractivity contribution in [3.63, 3.8) is 0 Å². The van der Waals surface area contributed by atoms with Gasteiger partial charge in [-0.15, -0.1) is 23.5 Å². The van der Waals surface area contributed by atoms with Crippen LogP contribution in [0.5, 0.6) is 64.7 Å². The lowest BCUT2D eigenvalue weighted by Gasteiger charge is -2.32. The standard InChI is InChI=1S/C22H23FN8O.C19H19FN8OS.C19H19FN8O.C19H18FN7O2S.C19H16FN7O/c1-10-26-7-12(8-27-10)32-22-29-20-18-17-13(14(23)5-15(24-2)19(17)28-20)4-11-6-25-9-16(11)31(3)21(18)30-22;1-8-23-5-10(6-24-8)29-19-27-17-14-13-15(26-18(14)28-19)12(22-2)3-11(20)16(13)30-7-9(4-21)25-17;1-8-23-6-10(7-24-8)29-19-27-17-15-14-11(3-9(21)5-25-17)12(20)4-13(22-2)16(14)26-18(15)28-19;1-8-23-5-10(6-24-8)29-19-26-17-14-13-15(25-17)12(22-2)3-11(20)16(13)30-7-9(4-21)28-18(14)27-19;1-9-23-7-10(8-24-9)28-19-26-17-15-14-11(4-3-5-22-17)12(20)6-13(21-2)16(14)25-18(15)27-19/h5,7-8,11,16,24-25H,4,6,9H2,1-3H3,(H,28,29,30);3,5-6,9,22H,4,7,21H2,1-2H3,(H2,25,26,27,28);4,6-7,9,22H,3,5,21H2,1-2H3,(H2,25,26,27,28);3,5-6,9,22H,4,7,21H2,1-2H3,(H,25,26,27);3-4,6-8,21H,5H2,1-2H3,(H2,22,25,26,27)/b;;;;4-3-/t11-,16+;3*9-;/m1000./s1. The Morgan fingerprint density at radius 2 is 0.779 bits per heavy atom. The minimum Gasteiger partial charge on any atom is -0.471 e. The number of halogens is 5. The Kier molecular flexibility index (Phi) is 25.9. The summed E-state index contributed by atoms with van der Waals surface area (Å²) in [4.78, 5) is 106. The highest BCUT2D eigenvalue weighted by Crippen LogP contribution is 2.50. The van der Waals surface area contributed by atoms with Gasteiger partial charge in [-0.1, -0.05) is 12.2 Å². The van der Waals surface area contributed by atoms with Crippen molar-refractivity contribution < 1.29 is 50.4 Å². The molecule has 0 saturated carbocycles. The van der Waals surface area contributed by atoms with Crippen molar-refractivity contribution in [1.82, 2.24) is 130 Å². The quantitative estimate of drug-likeness (QED) is 0.0376. The molecule has 51 heteroatoms. The summed E-state index contributed by atoms with van der Waals surface area (Å²) >= 11 is 2.80. The van der Waals surface area contributed by atoms with E-state index in [4.69, 9.17) is 50.6 Å². The van der Waals surface area contributed by atoms with Crippen molar-refractivity contribution in [2.75, 3.05) is 140 Å². The molecule has 0 aliphatic carbocycles. The molecule has 20 N–H and O–H groups in total. The van der Waals surface area contributed by atoms with Crippen molar-refractivity contribution in [2.45, 2.75) is 81.5 Å². The van der Waals surface area contributed by atoms with E-state index in [0.717, 1.165) is 78.8 Å². The number of aromatic amines is 5. The lowest BCUT2D eigenvalue weighted by Crippen LogP contribution is -2.40. The Hall–Kier alpha value is -17.2. The van der Waals surface area contributed by atoms with E-state index in [0.29, 0.717) is 230 Å². The highest BCUT2D eigenvalue weighted by molar-refractivity contribution is 7.99. The van der Waals surface area contributed by atoms with E-state index < -0.39 is 0 Å². The summed E-state index contributed by atoms with van der Waals surface area (Å²) in [6.45, 7) is 12.2. The molecule has 20 aromatic rings. The first kappa shape index (κ1) is 96.6. The molecule has 26 rings (SSSR count). The molecule has 0 radical (unpaired) electrons. The maximum atomic E-state index is 15.3. The summed E-state index contributed by atoms with van der Waals surface area (Å²) in [6.07, 6.45) is 20.0. The molecule has 149 heavy (non-hydrogen) atoms.